The number of hydrogen-bond acceptors (Lipinski definition) is 2. The molecule has 88 valence electrons. The minimum absolute atomic E-state index is 0.201. The first-order chi connectivity index (χ1) is 7.59. The monoisotopic (exact) mass is 222 g/mol. The highest BCUT2D eigenvalue weighted by atomic mass is 19.1. The minimum atomic E-state index is -0.201. The average molecular weight is 222 g/mol. The fraction of sp³-hybridized carbons (Fsp3) is 0.538. The van der Waals surface area contributed by atoms with Crippen LogP contribution in [0.5, 0.6) is 0 Å². The molecule has 16 heavy (non-hydrogen) atoms. The van der Waals surface area contributed by atoms with Crippen molar-refractivity contribution in [1.29, 1.82) is 0 Å². The largest absolute Gasteiger partial charge is 0.399 e. The molecule has 1 aliphatic heterocycles. The van der Waals surface area contributed by atoms with Gasteiger partial charge in [-0.2, -0.15) is 0 Å². The predicted molar refractivity (Wildman–Crippen MR) is 66.0 cm³/mol. The van der Waals surface area contributed by atoms with E-state index in [1.54, 1.807) is 12.1 Å². The van der Waals surface area contributed by atoms with Crippen molar-refractivity contribution in [2.24, 2.45) is 5.92 Å². The Morgan fingerprint density at radius 2 is 2.19 bits per heavy atom. The summed E-state index contributed by atoms with van der Waals surface area (Å²) in [7, 11) is 0. The third-order valence-corrected chi connectivity index (χ3v) is 3.35. The zero-order valence-corrected chi connectivity index (χ0v) is 9.91. The smallest absolute Gasteiger partial charge is 0.148 e. The zero-order valence-electron chi connectivity index (χ0n) is 9.91. The zero-order chi connectivity index (χ0) is 11.7. The standard InChI is InChI=1S/C13H19FN2/c1-9(2)12-4-3-7-16(12)13-6-5-10(15)8-11(13)14/h5-6,8-9,12H,3-4,7,15H2,1-2H3/t12-/m1/s1. The lowest BCUT2D eigenvalue weighted by atomic mass is 10.0. The Bertz CT molecular complexity index is 376. The number of halogens is 1. The van der Waals surface area contributed by atoms with Gasteiger partial charge in [0.1, 0.15) is 5.82 Å². The molecule has 0 aromatic heterocycles. The Morgan fingerprint density at radius 3 is 2.81 bits per heavy atom. The second-order valence-electron chi connectivity index (χ2n) is 4.86. The molecule has 0 amide bonds. The third kappa shape index (κ3) is 1.99. The van der Waals surface area contributed by atoms with Gasteiger partial charge < -0.3 is 10.6 Å². The van der Waals surface area contributed by atoms with E-state index in [0.717, 1.165) is 19.4 Å². The Morgan fingerprint density at radius 1 is 1.44 bits per heavy atom. The van der Waals surface area contributed by atoms with Crippen LogP contribution in [0.15, 0.2) is 18.2 Å². The summed E-state index contributed by atoms with van der Waals surface area (Å²) in [6.45, 7) is 5.33. The molecule has 1 aromatic rings. The maximum absolute atomic E-state index is 13.8. The van der Waals surface area contributed by atoms with Gasteiger partial charge in [-0.15, -0.1) is 0 Å². The number of nitrogen functional groups attached to an aromatic ring is 1. The quantitative estimate of drug-likeness (QED) is 0.779. The van der Waals surface area contributed by atoms with Crippen LogP contribution >= 0.6 is 0 Å². The molecule has 0 unspecified atom stereocenters. The summed E-state index contributed by atoms with van der Waals surface area (Å²) in [5.41, 5.74) is 6.75. The maximum atomic E-state index is 13.8. The lowest BCUT2D eigenvalue weighted by molar-refractivity contribution is 0.486. The van der Waals surface area contributed by atoms with Crippen LogP contribution in [0, 0.1) is 11.7 Å². The van der Waals surface area contributed by atoms with Crippen molar-refractivity contribution in [2.45, 2.75) is 32.7 Å². The Kier molecular flexibility index (Phi) is 3.03. The van der Waals surface area contributed by atoms with E-state index in [-0.39, 0.29) is 5.82 Å². The molecule has 1 aromatic carbocycles. The van der Waals surface area contributed by atoms with Gasteiger partial charge in [0.25, 0.3) is 0 Å². The van der Waals surface area contributed by atoms with Crippen LogP contribution in [-0.2, 0) is 0 Å². The molecule has 0 bridgehead atoms. The summed E-state index contributed by atoms with van der Waals surface area (Å²) in [5, 5.41) is 0. The van der Waals surface area contributed by atoms with Crippen LogP contribution in [0.25, 0.3) is 0 Å². The van der Waals surface area contributed by atoms with Gasteiger partial charge in [-0.25, -0.2) is 4.39 Å². The van der Waals surface area contributed by atoms with Crippen LogP contribution in [0.3, 0.4) is 0 Å². The van der Waals surface area contributed by atoms with Crippen LogP contribution in [-0.4, -0.2) is 12.6 Å². The topological polar surface area (TPSA) is 29.3 Å². The van der Waals surface area contributed by atoms with Gasteiger partial charge in [0.05, 0.1) is 5.69 Å². The van der Waals surface area contributed by atoms with E-state index in [0.29, 0.717) is 23.3 Å². The van der Waals surface area contributed by atoms with Gasteiger partial charge in [-0.3, -0.25) is 0 Å². The van der Waals surface area contributed by atoms with Gasteiger partial charge in [0.15, 0.2) is 0 Å². The van der Waals surface area contributed by atoms with Gasteiger partial charge in [-0.05, 0) is 37.0 Å². The fourth-order valence-electron chi connectivity index (χ4n) is 2.54. The number of nitrogens with two attached hydrogens (primary N) is 1. The van der Waals surface area contributed by atoms with Crippen LogP contribution in [0.1, 0.15) is 26.7 Å². The van der Waals surface area contributed by atoms with Gasteiger partial charge in [0, 0.05) is 18.3 Å². The lowest BCUT2D eigenvalue weighted by Crippen LogP contribution is -2.33. The summed E-state index contributed by atoms with van der Waals surface area (Å²) in [4.78, 5) is 2.18. The van der Waals surface area contributed by atoms with Gasteiger partial charge in [0.2, 0.25) is 0 Å². The fourth-order valence-corrected chi connectivity index (χ4v) is 2.54. The summed E-state index contributed by atoms with van der Waals surface area (Å²) in [6.07, 6.45) is 2.30. The molecular weight excluding hydrogens is 203 g/mol. The lowest BCUT2D eigenvalue weighted by Gasteiger charge is -2.30. The molecule has 3 heteroatoms. The van der Waals surface area contributed by atoms with Crippen molar-refractivity contribution < 1.29 is 4.39 Å². The average Bonchev–Trinajstić information content (AvgIpc) is 2.66. The second kappa shape index (κ2) is 4.32. The minimum Gasteiger partial charge on any atom is -0.399 e. The first-order valence-electron chi connectivity index (χ1n) is 5.91. The number of hydrogen-bond donors (Lipinski definition) is 1. The van der Waals surface area contributed by atoms with Crippen molar-refractivity contribution >= 4 is 11.4 Å². The van der Waals surface area contributed by atoms with Gasteiger partial charge in [-0.1, -0.05) is 13.8 Å². The first-order valence-corrected chi connectivity index (χ1v) is 5.91. The van der Waals surface area contributed by atoms with Crippen molar-refractivity contribution in [3.05, 3.63) is 24.0 Å². The molecule has 1 fully saturated rings. The second-order valence-corrected chi connectivity index (χ2v) is 4.86. The van der Waals surface area contributed by atoms with Crippen LogP contribution in [0.2, 0.25) is 0 Å². The normalized spacial score (nSPS) is 20.8. The molecule has 1 saturated heterocycles. The van der Waals surface area contributed by atoms with Gasteiger partial charge >= 0.3 is 0 Å². The van der Waals surface area contributed by atoms with Crippen molar-refractivity contribution in [1.82, 2.24) is 0 Å². The highest BCUT2D eigenvalue weighted by molar-refractivity contribution is 5.55. The van der Waals surface area contributed by atoms with E-state index in [1.165, 1.54) is 6.07 Å². The molecule has 1 heterocycles. The molecule has 2 nitrogen and oxygen atoms in total. The third-order valence-electron chi connectivity index (χ3n) is 3.35. The summed E-state index contributed by atoms with van der Waals surface area (Å²) in [6, 6.07) is 5.43. The van der Waals surface area contributed by atoms with E-state index in [2.05, 4.69) is 18.7 Å². The number of rotatable bonds is 2. The number of nitrogens with zero attached hydrogens (tertiary/aromatic N) is 1. The highest BCUT2D eigenvalue weighted by Gasteiger charge is 2.28. The molecule has 2 rings (SSSR count). The Labute approximate surface area is 96.2 Å². The summed E-state index contributed by atoms with van der Waals surface area (Å²) in [5.74, 6) is 0.354. The van der Waals surface area contributed by atoms with Crippen LogP contribution in [0.4, 0.5) is 15.8 Å². The molecule has 2 N–H and O–H groups in total. The van der Waals surface area contributed by atoms with Crippen molar-refractivity contribution in [3.63, 3.8) is 0 Å². The van der Waals surface area contributed by atoms with Crippen molar-refractivity contribution in [2.75, 3.05) is 17.2 Å². The summed E-state index contributed by atoms with van der Waals surface area (Å²) < 4.78 is 13.8. The Hall–Kier alpha value is -1.25. The molecule has 0 aliphatic carbocycles. The predicted octanol–water partition coefficient (Wildman–Crippen LogP) is 3.03. The molecule has 0 spiro atoms. The number of benzene rings is 1. The van der Waals surface area contributed by atoms with Crippen LogP contribution < -0.4 is 10.6 Å². The van der Waals surface area contributed by atoms with E-state index >= 15 is 0 Å². The van der Waals surface area contributed by atoms with E-state index in [4.69, 9.17) is 5.73 Å². The SMILES string of the molecule is CC(C)[C@H]1CCCN1c1ccc(N)cc1F. The molecule has 0 saturated carbocycles. The van der Waals surface area contributed by atoms with E-state index < -0.39 is 0 Å². The highest BCUT2D eigenvalue weighted by Crippen LogP contribution is 2.32. The van der Waals surface area contributed by atoms with E-state index in [1.807, 2.05) is 0 Å². The maximum Gasteiger partial charge on any atom is 0.148 e. The van der Waals surface area contributed by atoms with E-state index in [9.17, 15) is 4.39 Å². The molecule has 1 atom stereocenters. The summed E-state index contributed by atoms with van der Waals surface area (Å²) >= 11 is 0. The first kappa shape index (κ1) is 11.2. The van der Waals surface area contributed by atoms with Crippen molar-refractivity contribution in [3.8, 4) is 0 Å². The number of anilines is 2. The molecular formula is C13H19FN2. The Balaban J connectivity index is 2.29. The molecule has 1 aliphatic rings. The molecule has 0 radical (unpaired) electrons.